The van der Waals surface area contributed by atoms with Crippen molar-refractivity contribution in [1.29, 1.82) is 0 Å². The highest BCUT2D eigenvalue weighted by Gasteiger charge is 2.39. The van der Waals surface area contributed by atoms with Crippen molar-refractivity contribution in [3.8, 4) is 0 Å². The first-order valence-corrected chi connectivity index (χ1v) is 5.54. The minimum Gasteiger partial charge on any atom is -0.324 e. The molecule has 0 fully saturated rings. The molecule has 3 nitrogen and oxygen atoms in total. The summed E-state index contributed by atoms with van der Waals surface area (Å²) in [6, 6.07) is 0. The molecule has 0 heterocycles. The Kier molecular flexibility index (Phi) is 3.75. The van der Waals surface area contributed by atoms with Crippen molar-refractivity contribution in [3.63, 3.8) is 0 Å². The highest BCUT2D eigenvalue weighted by molar-refractivity contribution is 7.53. The Balaban J connectivity index is 4.47. The fourth-order valence-electron chi connectivity index (χ4n) is 1.07. The van der Waals surface area contributed by atoms with Crippen molar-refractivity contribution in [3.05, 3.63) is 0 Å². The fourth-order valence-corrected chi connectivity index (χ4v) is 1.99. The maximum absolute atomic E-state index is 11.0. The molecule has 0 aromatic rings. The van der Waals surface area contributed by atoms with E-state index in [1.165, 1.54) is 0 Å². The predicted molar refractivity (Wildman–Crippen MR) is 45.6 cm³/mol. The zero-order valence-corrected chi connectivity index (χ0v) is 8.27. The predicted octanol–water partition coefficient (Wildman–Crippen LogP) is 2.13. The van der Waals surface area contributed by atoms with Crippen molar-refractivity contribution in [1.82, 2.24) is 0 Å². The van der Waals surface area contributed by atoms with Crippen LogP contribution >= 0.6 is 7.60 Å². The van der Waals surface area contributed by atoms with Gasteiger partial charge in [0.05, 0.1) is 5.16 Å². The zero-order valence-electron chi connectivity index (χ0n) is 7.37. The topological polar surface area (TPSA) is 57.5 Å². The second-order valence-corrected chi connectivity index (χ2v) is 5.31. The van der Waals surface area contributed by atoms with E-state index < -0.39 is 12.8 Å². The summed E-state index contributed by atoms with van der Waals surface area (Å²) in [6.45, 7) is 5.40. The highest BCUT2D eigenvalue weighted by Crippen LogP contribution is 2.54. The van der Waals surface area contributed by atoms with E-state index >= 15 is 0 Å². The SMILES string of the molecule is CCC[C@@](C)(CC)P(=O)(O)O. The van der Waals surface area contributed by atoms with Gasteiger partial charge in [0.1, 0.15) is 0 Å². The van der Waals surface area contributed by atoms with Gasteiger partial charge in [0, 0.05) is 0 Å². The van der Waals surface area contributed by atoms with Gasteiger partial charge in [0.25, 0.3) is 0 Å². The molecule has 0 spiro atoms. The van der Waals surface area contributed by atoms with Gasteiger partial charge in [-0.2, -0.15) is 0 Å². The maximum atomic E-state index is 11.0. The van der Waals surface area contributed by atoms with Crippen LogP contribution < -0.4 is 0 Å². The smallest absolute Gasteiger partial charge is 0.324 e. The largest absolute Gasteiger partial charge is 0.331 e. The summed E-state index contributed by atoms with van der Waals surface area (Å²) in [6.07, 6.45) is 1.94. The minimum absolute atomic E-state index is 0.533. The number of rotatable bonds is 4. The molecule has 0 bridgehead atoms. The molecular weight excluding hydrogens is 163 g/mol. The van der Waals surface area contributed by atoms with Gasteiger partial charge >= 0.3 is 7.60 Å². The van der Waals surface area contributed by atoms with Crippen LogP contribution in [0.15, 0.2) is 0 Å². The molecule has 1 atom stereocenters. The summed E-state index contributed by atoms with van der Waals surface area (Å²) < 4.78 is 11.0. The Hall–Kier alpha value is 0.150. The van der Waals surface area contributed by atoms with E-state index in [-0.39, 0.29) is 0 Å². The van der Waals surface area contributed by atoms with Crippen LogP contribution in [-0.2, 0) is 4.57 Å². The Bertz CT molecular complexity index is 163. The third-order valence-corrected chi connectivity index (χ3v) is 4.20. The van der Waals surface area contributed by atoms with Crippen LogP contribution in [0.1, 0.15) is 40.0 Å². The molecule has 0 aliphatic carbocycles. The van der Waals surface area contributed by atoms with Crippen molar-refractivity contribution in [2.75, 3.05) is 0 Å². The molecule has 0 unspecified atom stereocenters. The van der Waals surface area contributed by atoms with E-state index in [1.54, 1.807) is 6.92 Å². The van der Waals surface area contributed by atoms with Crippen LogP contribution in [0.2, 0.25) is 0 Å². The monoisotopic (exact) mass is 180 g/mol. The first-order chi connectivity index (χ1) is 4.87. The third kappa shape index (κ3) is 2.58. The molecule has 0 aromatic carbocycles. The Morgan fingerprint density at radius 1 is 1.36 bits per heavy atom. The van der Waals surface area contributed by atoms with Gasteiger partial charge in [-0.15, -0.1) is 0 Å². The van der Waals surface area contributed by atoms with Crippen LogP contribution in [0.3, 0.4) is 0 Å². The summed E-state index contributed by atoms with van der Waals surface area (Å²) in [4.78, 5) is 18.0. The molecule has 0 radical (unpaired) electrons. The van der Waals surface area contributed by atoms with Crippen LogP contribution in [0, 0.1) is 0 Å². The lowest BCUT2D eigenvalue weighted by Crippen LogP contribution is -2.23. The van der Waals surface area contributed by atoms with E-state index in [2.05, 4.69) is 0 Å². The van der Waals surface area contributed by atoms with Crippen molar-refractivity contribution in [2.24, 2.45) is 0 Å². The molecule has 0 amide bonds. The number of hydrogen-bond donors (Lipinski definition) is 2. The van der Waals surface area contributed by atoms with Crippen LogP contribution in [-0.4, -0.2) is 14.9 Å². The van der Waals surface area contributed by atoms with Crippen LogP contribution in [0.25, 0.3) is 0 Å². The lowest BCUT2D eigenvalue weighted by atomic mass is 10.0. The van der Waals surface area contributed by atoms with Crippen LogP contribution in [0.5, 0.6) is 0 Å². The first-order valence-electron chi connectivity index (χ1n) is 3.93. The molecule has 4 heteroatoms. The Morgan fingerprint density at radius 2 is 1.82 bits per heavy atom. The van der Waals surface area contributed by atoms with Crippen molar-refractivity contribution < 1.29 is 14.4 Å². The molecule has 0 saturated carbocycles. The molecule has 0 aliphatic rings. The summed E-state index contributed by atoms with van der Waals surface area (Å²) in [5, 5.41) is -0.804. The van der Waals surface area contributed by atoms with E-state index in [9.17, 15) is 4.57 Å². The molecule has 11 heavy (non-hydrogen) atoms. The molecule has 0 rings (SSSR count). The average molecular weight is 180 g/mol. The van der Waals surface area contributed by atoms with E-state index in [0.717, 1.165) is 6.42 Å². The quantitative estimate of drug-likeness (QED) is 0.651. The Morgan fingerprint density at radius 3 is 1.91 bits per heavy atom. The van der Waals surface area contributed by atoms with Gasteiger partial charge in [-0.1, -0.05) is 20.3 Å². The van der Waals surface area contributed by atoms with Gasteiger partial charge in [-0.05, 0) is 19.8 Å². The van der Waals surface area contributed by atoms with Gasteiger partial charge in [0.15, 0.2) is 0 Å². The van der Waals surface area contributed by atoms with Crippen molar-refractivity contribution >= 4 is 7.60 Å². The summed E-state index contributed by atoms with van der Waals surface area (Å²) in [7, 11) is -3.90. The average Bonchev–Trinajstić information content (AvgIpc) is 1.86. The van der Waals surface area contributed by atoms with E-state index in [4.69, 9.17) is 9.79 Å². The van der Waals surface area contributed by atoms with Gasteiger partial charge in [-0.3, -0.25) is 4.57 Å². The minimum atomic E-state index is -3.90. The lowest BCUT2D eigenvalue weighted by Gasteiger charge is -2.28. The summed E-state index contributed by atoms with van der Waals surface area (Å²) in [5.41, 5.74) is 0. The molecular formula is C7H17O3P. The second kappa shape index (κ2) is 3.70. The second-order valence-electron chi connectivity index (χ2n) is 3.14. The third-order valence-electron chi connectivity index (χ3n) is 2.25. The van der Waals surface area contributed by atoms with Gasteiger partial charge in [-0.25, -0.2) is 0 Å². The van der Waals surface area contributed by atoms with E-state index in [0.29, 0.717) is 12.8 Å². The number of hydrogen-bond acceptors (Lipinski definition) is 1. The first kappa shape index (κ1) is 11.2. The summed E-state index contributed by atoms with van der Waals surface area (Å²) >= 11 is 0. The normalized spacial score (nSPS) is 17.9. The lowest BCUT2D eigenvalue weighted by molar-refractivity contribution is 0.317. The van der Waals surface area contributed by atoms with Gasteiger partial charge < -0.3 is 9.79 Å². The van der Waals surface area contributed by atoms with Crippen LogP contribution in [0.4, 0.5) is 0 Å². The Labute approximate surface area is 68.0 Å². The maximum Gasteiger partial charge on any atom is 0.331 e. The standard InChI is InChI=1S/C7H17O3P/c1-4-6-7(3,5-2)11(8,9)10/h4-6H2,1-3H3,(H2,8,9,10)/t7-/m1/s1. The molecule has 0 aliphatic heterocycles. The highest BCUT2D eigenvalue weighted by atomic mass is 31.2. The fraction of sp³-hybridized carbons (Fsp3) is 1.00. The molecule has 68 valence electrons. The summed E-state index contributed by atoms with van der Waals surface area (Å²) in [5.74, 6) is 0. The zero-order chi connectivity index (χ0) is 9.12. The molecule has 0 aromatic heterocycles. The molecule has 2 N–H and O–H groups in total. The van der Waals surface area contributed by atoms with E-state index in [1.807, 2.05) is 13.8 Å². The molecule has 0 saturated heterocycles. The van der Waals surface area contributed by atoms with Gasteiger partial charge in [0.2, 0.25) is 0 Å². The van der Waals surface area contributed by atoms with Crippen molar-refractivity contribution in [2.45, 2.75) is 45.2 Å².